The summed E-state index contributed by atoms with van der Waals surface area (Å²) in [5, 5.41) is 8.74. The minimum absolute atomic E-state index is 0.387. The Hall–Kier alpha value is -3.94. The Labute approximate surface area is 164 Å². The molecule has 5 rings (SSSR count). The van der Waals surface area contributed by atoms with Crippen LogP contribution in [0.2, 0.25) is 0 Å². The topological polar surface area (TPSA) is 90.0 Å². The number of fused-ring (bicyclic) bond motifs is 3. The Bertz CT molecular complexity index is 1490. The first-order valence-corrected chi connectivity index (χ1v) is 9.23. The average molecular weight is 386 g/mol. The fourth-order valence-electron chi connectivity index (χ4n) is 3.72. The van der Waals surface area contributed by atoms with Gasteiger partial charge >= 0.3 is 5.69 Å². The van der Waals surface area contributed by atoms with E-state index in [4.69, 9.17) is 0 Å². The average Bonchev–Trinajstić information content (AvgIpc) is 3.28. The van der Waals surface area contributed by atoms with E-state index in [9.17, 15) is 9.59 Å². The van der Waals surface area contributed by atoms with Gasteiger partial charge in [-0.25, -0.2) is 9.20 Å². The highest BCUT2D eigenvalue weighted by Crippen LogP contribution is 2.25. The molecule has 0 unspecified atom stereocenters. The molecular formula is C21H18N6O2. The zero-order chi connectivity index (χ0) is 20.1. The fraction of sp³-hybridized carbons (Fsp3) is 0.143. The molecular weight excluding hydrogens is 368 g/mol. The Morgan fingerprint density at radius 1 is 0.966 bits per heavy atom. The van der Waals surface area contributed by atoms with Crippen LogP contribution in [-0.4, -0.2) is 28.7 Å². The Kier molecular flexibility index (Phi) is 3.73. The maximum atomic E-state index is 12.8. The van der Waals surface area contributed by atoms with Crippen molar-refractivity contribution in [3.8, 4) is 11.4 Å². The summed E-state index contributed by atoms with van der Waals surface area (Å²) in [6.07, 6.45) is 0. The van der Waals surface area contributed by atoms with Crippen molar-refractivity contribution in [2.45, 2.75) is 13.5 Å². The summed E-state index contributed by atoms with van der Waals surface area (Å²) >= 11 is 0. The van der Waals surface area contributed by atoms with Gasteiger partial charge in [-0.1, -0.05) is 54.6 Å². The van der Waals surface area contributed by atoms with E-state index in [1.165, 1.54) is 4.57 Å². The molecule has 0 amide bonds. The molecule has 3 heterocycles. The third kappa shape index (κ3) is 2.53. The number of imidazole rings is 1. The fourth-order valence-corrected chi connectivity index (χ4v) is 3.72. The van der Waals surface area contributed by atoms with Crippen molar-refractivity contribution in [2.75, 3.05) is 0 Å². The van der Waals surface area contributed by atoms with Crippen LogP contribution in [0.4, 0.5) is 0 Å². The molecule has 8 heteroatoms. The molecule has 0 saturated carbocycles. The van der Waals surface area contributed by atoms with Crippen LogP contribution < -0.4 is 11.2 Å². The van der Waals surface area contributed by atoms with Gasteiger partial charge in [-0.3, -0.25) is 18.9 Å². The highest BCUT2D eigenvalue weighted by Gasteiger charge is 2.23. The Morgan fingerprint density at radius 3 is 2.45 bits per heavy atom. The van der Waals surface area contributed by atoms with Gasteiger partial charge in [-0.15, -0.1) is 10.2 Å². The number of hydrogen-bond acceptors (Lipinski definition) is 4. The molecule has 0 atom stereocenters. The molecule has 0 aliphatic rings. The van der Waals surface area contributed by atoms with E-state index in [0.29, 0.717) is 29.3 Å². The zero-order valence-corrected chi connectivity index (χ0v) is 16.0. The van der Waals surface area contributed by atoms with Crippen molar-refractivity contribution < 1.29 is 0 Å². The number of nitrogens with zero attached hydrogens (tertiary/aromatic N) is 5. The number of H-pyrrole nitrogens is 1. The summed E-state index contributed by atoms with van der Waals surface area (Å²) in [6, 6.07) is 17.6. The number of benzene rings is 2. The van der Waals surface area contributed by atoms with Gasteiger partial charge in [-0.2, -0.15) is 0 Å². The van der Waals surface area contributed by atoms with E-state index in [2.05, 4.69) is 15.2 Å². The number of hydrogen-bond donors (Lipinski definition) is 1. The van der Waals surface area contributed by atoms with Crippen LogP contribution in [0.25, 0.3) is 28.3 Å². The van der Waals surface area contributed by atoms with Gasteiger partial charge in [0, 0.05) is 12.6 Å². The van der Waals surface area contributed by atoms with E-state index in [1.807, 2.05) is 66.1 Å². The molecule has 3 aromatic heterocycles. The molecule has 0 saturated heterocycles. The standard InChI is InChI=1S/C21H18N6O2/c1-13-8-6-7-11-15(13)12-26-16-18(28)22-21(29)25(2)19(16)27-17(23-24-20(26)27)14-9-4-3-5-10-14/h3-11H,12H2,1-2H3,(H,22,28,29). The van der Waals surface area contributed by atoms with Gasteiger partial charge in [0.05, 0.1) is 6.54 Å². The summed E-state index contributed by atoms with van der Waals surface area (Å²) < 4.78 is 5.02. The quantitative estimate of drug-likeness (QED) is 0.514. The minimum atomic E-state index is -0.481. The second kappa shape index (κ2) is 6.30. The molecule has 2 aromatic carbocycles. The SMILES string of the molecule is Cc1ccccc1Cn1c2c(=O)[nH]c(=O)n(C)c2n2c(-c3ccccc3)nnc12. The molecule has 0 spiro atoms. The van der Waals surface area contributed by atoms with Crippen molar-refractivity contribution in [1.82, 2.24) is 28.7 Å². The molecule has 1 N–H and O–H groups in total. The van der Waals surface area contributed by atoms with Crippen LogP contribution >= 0.6 is 0 Å². The summed E-state index contributed by atoms with van der Waals surface area (Å²) in [4.78, 5) is 27.5. The number of aromatic nitrogens is 6. The van der Waals surface area contributed by atoms with Crippen molar-refractivity contribution in [2.24, 2.45) is 7.05 Å². The molecule has 0 aliphatic heterocycles. The smallest absolute Gasteiger partial charge is 0.298 e. The van der Waals surface area contributed by atoms with Gasteiger partial charge in [0.2, 0.25) is 5.78 Å². The lowest BCUT2D eigenvalue weighted by molar-refractivity contribution is 0.807. The van der Waals surface area contributed by atoms with Gasteiger partial charge in [-0.05, 0) is 18.1 Å². The zero-order valence-electron chi connectivity index (χ0n) is 16.0. The lowest BCUT2D eigenvalue weighted by Crippen LogP contribution is -2.29. The lowest BCUT2D eigenvalue weighted by atomic mass is 10.1. The maximum absolute atomic E-state index is 12.8. The van der Waals surface area contributed by atoms with Crippen LogP contribution in [0.5, 0.6) is 0 Å². The number of nitrogens with one attached hydrogen (secondary N) is 1. The van der Waals surface area contributed by atoms with E-state index in [-0.39, 0.29) is 0 Å². The highest BCUT2D eigenvalue weighted by molar-refractivity contribution is 5.79. The van der Waals surface area contributed by atoms with Crippen LogP contribution in [-0.2, 0) is 13.6 Å². The molecule has 144 valence electrons. The third-order valence-corrected chi connectivity index (χ3v) is 5.26. The van der Waals surface area contributed by atoms with Crippen molar-refractivity contribution in [3.63, 3.8) is 0 Å². The Morgan fingerprint density at radius 2 is 1.69 bits per heavy atom. The van der Waals surface area contributed by atoms with Gasteiger partial charge in [0.25, 0.3) is 5.56 Å². The Balaban J connectivity index is 1.91. The third-order valence-electron chi connectivity index (χ3n) is 5.26. The van der Waals surface area contributed by atoms with E-state index in [0.717, 1.165) is 16.7 Å². The minimum Gasteiger partial charge on any atom is -0.298 e. The molecule has 0 radical (unpaired) electrons. The first kappa shape index (κ1) is 17.2. The maximum Gasteiger partial charge on any atom is 0.329 e. The molecule has 0 bridgehead atoms. The van der Waals surface area contributed by atoms with Crippen molar-refractivity contribution >= 4 is 16.9 Å². The molecule has 8 nitrogen and oxygen atoms in total. The van der Waals surface area contributed by atoms with E-state index < -0.39 is 11.2 Å². The van der Waals surface area contributed by atoms with Crippen molar-refractivity contribution in [3.05, 3.63) is 86.6 Å². The molecule has 0 fully saturated rings. The van der Waals surface area contributed by atoms with E-state index in [1.54, 1.807) is 11.4 Å². The predicted molar refractivity (Wildman–Crippen MR) is 110 cm³/mol. The van der Waals surface area contributed by atoms with Crippen molar-refractivity contribution in [1.29, 1.82) is 0 Å². The second-order valence-electron chi connectivity index (χ2n) is 7.03. The van der Waals surface area contributed by atoms with Gasteiger partial charge in [0.15, 0.2) is 17.0 Å². The first-order chi connectivity index (χ1) is 14.1. The van der Waals surface area contributed by atoms with E-state index >= 15 is 0 Å². The van der Waals surface area contributed by atoms with Crippen LogP contribution in [0.15, 0.2) is 64.2 Å². The van der Waals surface area contributed by atoms with Gasteiger partial charge < -0.3 is 0 Å². The highest BCUT2D eigenvalue weighted by atomic mass is 16.2. The first-order valence-electron chi connectivity index (χ1n) is 9.23. The summed E-state index contributed by atoms with van der Waals surface area (Å²) in [7, 11) is 1.63. The van der Waals surface area contributed by atoms with Crippen LogP contribution in [0, 0.1) is 6.92 Å². The summed E-state index contributed by atoms with van der Waals surface area (Å²) in [5.74, 6) is 1.09. The number of rotatable bonds is 3. The molecule has 29 heavy (non-hydrogen) atoms. The predicted octanol–water partition coefficient (Wildman–Crippen LogP) is 2.09. The number of aryl methyl sites for hydroxylation is 2. The second-order valence-corrected chi connectivity index (χ2v) is 7.03. The van der Waals surface area contributed by atoms with Gasteiger partial charge in [0.1, 0.15) is 0 Å². The molecule has 0 aliphatic carbocycles. The normalized spacial score (nSPS) is 11.5. The van der Waals surface area contributed by atoms with Crippen LogP contribution in [0.1, 0.15) is 11.1 Å². The monoisotopic (exact) mass is 386 g/mol. The largest absolute Gasteiger partial charge is 0.329 e. The molecule has 5 aromatic rings. The number of aromatic amines is 1. The van der Waals surface area contributed by atoms with Crippen LogP contribution in [0.3, 0.4) is 0 Å². The lowest BCUT2D eigenvalue weighted by Gasteiger charge is -2.07. The summed E-state index contributed by atoms with van der Waals surface area (Å²) in [5.41, 5.74) is 2.94. The summed E-state index contributed by atoms with van der Waals surface area (Å²) in [6.45, 7) is 2.46.